The van der Waals surface area contributed by atoms with Crippen molar-refractivity contribution >= 4 is 75.5 Å². The van der Waals surface area contributed by atoms with Crippen LogP contribution < -0.4 is 15.5 Å². The Balaban J connectivity index is 1.38. The number of hydrogen-bond donors (Lipinski definition) is 2. The van der Waals surface area contributed by atoms with Gasteiger partial charge in [-0.05, 0) is 60.8 Å². The molecule has 6 nitrogen and oxygen atoms in total. The van der Waals surface area contributed by atoms with Crippen LogP contribution in [0.1, 0.15) is 5.76 Å². The van der Waals surface area contributed by atoms with Crippen molar-refractivity contribution in [3.05, 3.63) is 75.4 Å². The summed E-state index contributed by atoms with van der Waals surface area (Å²) >= 11 is 23.9. The molecule has 0 bridgehead atoms. The molecular weight excluding hydrogens is 517 g/mol. The van der Waals surface area contributed by atoms with Crippen LogP contribution in [-0.2, 0) is 9.53 Å². The van der Waals surface area contributed by atoms with E-state index in [-0.39, 0.29) is 5.11 Å². The van der Waals surface area contributed by atoms with Gasteiger partial charge in [-0.1, -0.05) is 40.9 Å². The zero-order valence-corrected chi connectivity index (χ0v) is 20.9. The fourth-order valence-electron chi connectivity index (χ4n) is 3.47. The molecular formula is C24H20Cl3N3O3S. The van der Waals surface area contributed by atoms with Crippen molar-refractivity contribution in [3.8, 4) is 11.3 Å². The predicted octanol–water partition coefficient (Wildman–Crippen LogP) is 6.27. The summed E-state index contributed by atoms with van der Waals surface area (Å²) in [6.45, 7) is 2.67. The Morgan fingerprint density at radius 1 is 1.03 bits per heavy atom. The molecule has 0 radical (unpaired) electrons. The first kappa shape index (κ1) is 24.6. The number of amides is 1. The molecule has 0 saturated carbocycles. The lowest BCUT2D eigenvalue weighted by molar-refractivity contribution is -0.115. The van der Waals surface area contributed by atoms with Crippen molar-refractivity contribution in [2.45, 2.75) is 0 Å². The van der Waals surface area contributed by atoms with Gasteiger partial charge < -0.3 is 19.4 Å². The highest BCUT2D eigenvalue weighted by Gasteiger charge is 2.18. The molecule has 1 aliphatic heterocycles. The lowest BCUT2D eigenvalue weighted by atomic mass is 10.2. The first-order valence-corrected chi connectivity index (χ1v) is 11.9. The van der Waals surface area contributed by atoms with Gasteiger partial charge in [0, 0.05) is 29.8 Å². The number of nitrogens with one attached hydrogen (secondary N) is 2. The van der Waals surface area contributed by atoms with Gasteiger partial charge in [0.2, 0.25) is 5.91 Å². The van der Waals surface area contributed by atoms with Crippen molar-refractivity contribution in [2.75, 3.05) is 36.5 Å². The van der Waals surface area contributed by atoms with Gasteiger partial charge in [-0.2, -0.15) is 0 Å². The van der Waals surface area contributed by atoms with Gasteiger partial charge in [-0.3, -0.25) is 10.1 Å². The Labute approximate surface area is 217 Å². The minimum Gasteiger partial charge on any atom is -0.457 e. The van der Waals surface area contributed by atoms with Crippen molar-refractivity contribution in [2.24, 2.45) is 0 Å². The average molecular weight is 537 g/mol. The van der Waals surface area contributed by atoms with Gasteiger partial charge >= 0.3 is 0 Å². The van der Waals surface area contributed by atoms with Crippen LogP contribution in [-0.4, -0.2) is 37.3 Å². The van der Waals surface area contributed by atoms with E-state index in [0.29, 0.717) is 64.1 Å². The van der Waals surface area contributed by atoms with Crippen LogP contribution in [0.2, 0.25) is 15.1 Å². The number of halogens is 3. The molecule has 1 fully saturated rings. The molecule has 0 atom stereocenters. The Hall–Kier alpha value is -2.55. The average Bonchev–Trinajstić information content (AvgIpc) is 3.27. The molecule has 0 aliphatic carbocycles. The Morgan fingerprint density at radius 3 is 2.59 bits per heavy atom. The number of para-hydroxylation sites is 1. The van der Waals surface area contributed by atoms with Crippen LogP contribution in [0.4, 0.5) is 11.4 Å². The number of carbonyl (C=O) groups is 1. The molecule has 2 heterocycles. The summed E-state index contributed by atoms with van der Waals surface area (Å²) in [5.41, 5.74) is 2.24. The summed E-state index contributed by atoms with van der Waals surface area (Å²) in [7, 11) is 0. The van der Waals surface area contributed by atoms with E-state index >= 15 is 0 Å². The second kappa shape index (κ2) is 11.3. The number of morpholine rings is 1. The normalized spacial score (nSPS) is 13.8. The van der Waals surface area contributed by atoms with Crippen molar-refractivity contribution in [3.63, 3.8) is 0 Å². The summed E-state index contributed by atoms with van der Waals surface area (Å²) in [5, 5.41) is 7.46. The third-order valence-corrected chi connectivity index (χ3v) is 6.08. The van der Waals surface area contributed by atoms with Crippen molar-refractivity contribution in [1.29, 1.82) is 0 Å². The lowest BCUT2D eigenvalue weighted by Crippen LogP contribution is -2.38. The molecule has 34 heavy (non-hydrogen) atoms. The van der Waals surface area contributed by atoms with Gasteiger partial charge in [0.1, 0.15) is 11.5 Å². The zero-order valence-electron chi connectivity index (χ0n) is 17.8. The van der Waals surface area contributed by atoms with Gasteiger partial charge in [0.05, 0.1) is 34.6 Å². The summed E-state index contributed by atoms with van der Waals surface area (Å²) in [5.74, 6) is 0.643. The maximum absolute atomic E-state index is 12.4. The summed E-state index contributed by atoms with van der Waals surface area (Å²) in [4.78, 5) is 14.5. The first-order chi connectivity index (χ1) is 16.4. The largest absolute Gasteiger partial charge is 0.457 e. The predicted molar refractivity (Wildman–Crippen MR) is 142 cm³/mol. The fraction of sp³-hybridized carbons (Fsp3) is 0.167. The number of thiocarbonyl (C=S) groups is 1. The monoisotopic (exact) mass is 535 g/mol. The minimum absolute atomic E-state index is 0.152. The van der Waals surface area contributed by atoms with E-state index in [1.165, 1.54) is 6.08 Å². The fourth-order valence-corrected chi connectivity index (χ4v) is 4.47. The van der Waals surface area contributed by atoms with Gasteiger partial charge in [0.25, 0.3) is 0 Å². The number of ether oxygens (including phenoxy) is 1. The molecule has 1 saturated heterocycles. The summed E-state index contributed by atoms with van der Waals surface area (Å²) < 4.78 is 11.2. The number of hydrogen-bond acceptors (Lipinski definition) is 5. The lowest BCUT2D eigenvalue weighted by Gasteiger charge is -2.31. The van der Waals surface area contributed by atoms with Crippen LogP contribution >= 0.6 is 47.0 Å². The van der Waals surface area contributed by atoms with Gasteiger partial charge in [-0.15, -0.1) is 0 Å². The van der Waals surface area contributed by atoms with Crippen LogP contribution in [0.5, 0.6) is 0 Å². The molecule has 1 aliphatic rings. The van der Waals surface area contributed by atoms with Gasteiger partial charge in [-0.25, -0.2) is 0 Å². The molecule has 0 spiro atoms. The summed E-state index contributed by atoms with van der Waals surface area (Å²) in [6.07, 6.45) is 2.88. The molecule has 10 heteroatoms. The van der Waals surface area contributed by atoms with E-state index in [1.54, 1.807) is 36.4 Å². The van der Waals surface area contributed by atoms with Crippen LogP contribution in [0.3, 0.4) is 0 Å². The van der Waals surface area contributed by atoms with E-state index in [1.807, 2.05) is 18.2 Å². The van der Waals surface area contributed by atoms with Gasteiger partial charge in [0.15, 0.2) is 5.11 Å². The maximum Gasteiger partial charge on any atom is 0.250 e. The third-order valence-electron chi connectivity index (χ3n) is 5.02. The van der Waals surface area contributed by atoms with Crippen LogP contribution in [0.15, 0.2) is 59.0 Å². The van der Waals surface area contributed by atoms with E-state index in [0.717, 1.165) is 5.69 Å². The number of rotatable bonds is 5. The molecule has 2 aromatic carbocycles. The molecule has 3 aromatic rings. The highest BCUT2D eigenvalue weighted by atomic mass is 35.5. The van der Waals surface area contributed by atoms with E-state index < -0.39 is 5.91 Å². The minimum atomic E-state index is -0.407. The second-order valence-electron chi connectivity index (χ2n) is 7.34. The summed E-state index contributed by atoms with van der Waals surface area (Å²) in [6, 6.07) is 14.1. The molecule has 4 rings (SSSR count). The number of anilines is 2. The van der Waals surface area contributed by atoms with E-state index in [9.17, 15) is 4.79 Å². The van der Waals surface area contributed by atoms with E-state index in [2.05, 4.69) is 15.5 Å². The molecule has 176 valence electrons. The topological polar surface area (TPSA) is 66.7 Å². The second-order valence-corrected chi connectivity index (χ2v) is 9.00. The molecule has 1 amide bonds. The SMILES string of the molecule is O=C(C=Cc1ccc(-c2ccc(Cl)cc2Cl)o1)NC(=S)Nc1cccc(Cl)c1N1CCOCC1. The van der Waals surface area contributed by atoms with Crippen LogP contribution in [0, 0.1) is 0 Å². The number of carbonyl (C=O) groups excluding carboxylic acids is 1. The first-order valence-electron chi connectivity index (χ1n) is 10.4. The quantitative estimate of drug-likeness (QED) is 0.296. The zero-order chi connectivity index (χ0) is 24.1. The third kappa shape index (κ3) is 6.11. The Bertz CT molecular complexity index is 1240. The maximum atomic E-state index is 12.4. The van der Waals surface area contributed by atoms with Crippen molar-refractivity contribution < 1.29 is 13.9 Å². The van der Waals surface area contributed by atoms with Crippen molar-refractivity contribution in [1.82, 2.24) is 5.32 Å². The Morgan fingerprint density at radius 2 is 1.82 bits per heavy atom. The van der Waals surface area contributed by atoms with Crippen LogP contribution in [0.25, 0.3) is 17.4 Å². The standard InChI is InChI=1S/C24H20Cl3N3O3S/c25-15-4-7-17(19(27)14-15)21-8-5-16(33-21)6-9-22(31)29-24(34)28-20-3-1-2-18(26)23(20)30-10-12-32-13-11-30/h1-9,14H,10-13H2,(H2,28,29,31,34). The molecule has 2 N–H and O–H groups in total. The Kier molecular flexibility index (Phi) is 8.13. The highest BCUT2D eigenvalue weighted by molar-refractivity contribution is 7.80. The molecule has 1 aromatic heterocycles. The highest BCUT2D eigenvalue weighted by Crippen LogP contribution is 2.34. The molecule has 0 unspecified atom stereocenters. The number of furan rings is 1. The smallest absolute Gasteiger partial charge is 0.250 e. The number of nitrogens with zero attached hydrogens (tertiary/aromatic N) is 1. The number of benzene rings is 2. The van der Waals surface area contributed by atoms with E-state index in [4.69, 9.17) is 56.2 Å².